The summed E-state index contributed by atoms with van der Waals surface area (Å²) in [6.07, 6.45) is 12.8. The highest BCUT2D eigenvalue weighted by Gasteiger charge is 2.39. The average molecular weight is 373 g/mol. The molecule has 0 bridgehead atoms. The molecular formula is C21H44O3Si. The van der Waals surface area contributed by atoms with Crippen molar-refractivity contribution in [3.8, 4) is 0 Å². The Morgan fingerprint density at radius 2 is 1.52 bits per heavy atom. The van der Waals surface area contributed by atoms with Crippen LogP contribution < -0.4 is 0 Å². The van der Waals surface area contributed by atoms with Gasteiger partial charge < -0.3 is 14.0 Å². The van der Waals surface area contributed by atoms with Gasteiger partial charge in [0.05, 0.1) is 12.2 Å². The maximum atomic E-state index is 11.1. The van der Waals surface area contributed by atoms with Crippen LogP contribution in [0.1, 0.15) is 91.9 Å². The Kier molecular flexibility index (Phi) is 12.9. The van der Waals surface area contributed by atoms with Gasteiger partial charge in [-0.05, 0) is 31.0 Å². The van der Waals surface area contributed by atoms with Gasteiger partial charge in [0.1, 0.15) is 6.29 Å². The molecule has 0 rings (SSSR count). The number of unbranched alkanes of at least 4 members (excludes halogenated alkanes) is 6. The molecular weight excluding hydrogens is 328 g/mol. The molecule has 0 unspecified atom stereocenters. The smallest absolute Gasteiger partial charge is 0.192 e. The van der Waals surface area contributed by atoms with Crippen LogP contribution in [0.5, 0.6) is 0 Å². The lowest BCUT2D eigenvalue weighted by atomic mass is 10.0. The van der Waals surface area contributed by atoms with Crippen molar-refractivity contribution in [1.82, 2.24) is 0 Å². The second-order valence-electron chi connectivity index (χ2n) is 8.91. The number of carbonyl (C=O) groups excluding carboxylic acids is 1. The van der Waals surface area contributed by atoms with E-state index in [1.54, 1.807) is 7.11 Å². The summed E-state index contributed by atoms with van der Waals surface area (Å²) in [4.78, 5) is 11.1. The fourth-order valence-corrected chi connectivity index (χ4v) is 4.23. The summed E-state index contributed by atoms with van der Waals surface area (Å²) in [5.41, 5.74) is 0. The SMILES string of the molecule is CCCCCCCCC[C@H](C[C@@H](CC=O)O[Si](C)(C)C(C)(C)C)OC. The first kappa shape index (κ1) is 24.8. The minimum Gasteiger partial charge on any atom is -0.413 e. The summed E-state index contributed by atoms with van der Waals surface area (Å²) < 4.78 is 12.2. The molecule has 3 nitrogen and oxygen atoms in total. The van der Waals surface area contributed by atoms with E-state index in [0.717, 1.165) is 19.1 Å². The second-order valence-corrected chi connectivity index (χ2v) is 13.7. The number of hydrogen-bond acceptors (Lipinski definition) is 3. The van der Waals surface area contributed by atoms with E-state index in [0.29, 0.717) is 6.42 Å². The van der Waals surface area contributed by atoms with Crippen LogP contribution in [0, 0.1) is 0 Å². The molecule has 0 spiro atoms. The zero-order valence-corrected chi connectivity index (χ0v) is 19.0. The van der Waals surface area contributed by atoms with Crippen LogP contribution in [0.3, 0.4) is 0 Å². The summed E-state index contributed by atoms with van der Waals surface area (Å²) >= 11 is 0. The Hall–Kier alpha value is -0.193. The van der Waals surface area contributed by atoms with Gasteiger partial charge in [-0.15, -0.1) is 0 Å². The summed E-state index contributed by atoms with van der Waals surface area (Å²) in [7, 11) is -0.0682. The van der Waals surface area contributed by atoms with Crippen molar-refractivity contribution < 1.29 is 14.0 Å². The van der Waals surface area contributed by atoms with Crippen LogP contribution in [-0.2, 0) is 14.0 Å². The van der Waals surface area contributed by atoms with Crippen LogP contribution in [-0.4, -0.2) is 33.9 Å². The summed E-state index contributed by atoms with van der Waals surface area (Å²) in [6.45, 7) is 13.5. The summed E-state index contributed by atoms with van der Waals surface area (Å²) in [6, 6.07) is 0. The number of hydrogen-bond donors (Lipinski definition) is 0. The predicted molar refractivity (Wildman–Crippen MR) is 111 cm³/mol. The Balaban J connectivity index is 4.34. The fourth-order valence-electron chi connectivity index (χ4n) is 2.85. The second kappa shape index (κ2) is 13.0. The van der Waals surface area contributed by atoms with Gasteiger partial charge in [-0.3, -0.25) is 0 Å². The molecule has 2 atom stereocenters. The molecule has 0 aromatic rings. The minimum absolute atomic E-state index is 0.00658. The molecule has 0 aliphatic rings. The molecule has 0 N–H and O–H groups in total. The zero-order chi connectivity index (χ0) is 19.3. The number of methoxy groups -OCH3 is 1. The van der Waals surface area contributed by atoms with E-state index in [-0.39, 0.29) is 17.2 Å². The molecule has 0 aliphatic carbocycles. The van der Waals surface area contributed by atoms with Crippen molar-refractivity contribution >= 4 is 14.6 Å². The molecule has 0 saturated carbocycles. The number of ether oxygens (including phenoxy) is 1. The Morgan fingerprint density at radius 1 is 0.960 bits per heavy atom. The molecule has 0 aromatic carbocycles. The first-order chi connectivity index (χ1) is 11.7. The summed E-state index contributed by atoms with van der Waals surface area (Å²) in [5, 5.41) is 0.162. The van der Waals surface area contributed by atoms with Gasteiger partial charge in [0.15, 0.2) is 8.32 Å². The quantitative estimate of drug-likeness (QED) is 0.187. The van der Waals surface area contributed by atoms with Crippen LogP contribution in [0.4, 0.5) is 0 Å². The highest BCUT2D eigenvalue weighted by Crippen LogP contribution is 2.38. The molecule has 0 fully saturated rings. The normalized spacial score (nSPS) is 15.2. The van der Waals surface area contributed by atoms with Crippen LogP contribution >= 0.6 is 0 Å². The maximum Gasteiger partial charge on any atom is 0.192 e. The highest BCUT2D eigenvalue weighted by atomic mass is 28.4. The lowest BCUT2D eigenvalue weighted by Gasteiger charge is -2.39. The van der Waals surface area contributed by atoms with E-state index >= 15 is 0 Å². The number of aldehydes is 1. The van der Waals surface area contributed by atoms with Gasteiger partial charge in [0.2, 0.25) is 0 Å². The van der Waals surface area contributed by atoms with Gasteiger partial charge in [-0.1, -0.05) is 72.6 Å². The molecule has 150 valence electrons. The predicted octanol–water partition coefficient (Wildman–Crippen LogP) is 6.51. The Morgan fingerprint density at radius 3 is 2.00 bits per heavy atom. The van der Waals surface area contributed by atoms with Gasteiger partial charge in [-0.2, -0.15) is 0 Å². The van der Waals surface area contributed by atoms with E-state index < -0.39 is 8.32 Å². The van der Waals surface area contributed by atoms with E-state index in [9.17, 15) is 4.79 Å². The third-order valence-corrected chi connectivity index (χ3v) is 10.2. The highest BCUT2D eigenvalue weighted by molar-refractivity contribution is 6.74. The summed E-state index contributed by atoms with van der Waals surface area (Å²) in [5.74, 6) is 0. The third-order valence-electron chi connectivity index (χ3n) is 5.62. The number of rotatable bonds is 15. The van der Waals surface area contributed by atoms with E-state index in [1.807, 2.05) is 0 Å². The average Bonchev–Trinajstić information content (AvgIpc) is 2.51. The first-order valence-electron chi connectivity index (χ1n) is 10.3. The van der Waals surface area contributed by atoms with E-state index in [4.69, 9.17) is 9.16 Å². The van der Waals surface area contributed by atoms with Crippen LogP contribution in [0.25, 0.3) is 0 Å². The molecule has 0 heterocycles. The fraction of sp³-hybridized carbons (Fsp3) is 0.952. The van der Waals surface area contributed by atoms with Gasteiger partial charge >= 0.3 is 0 Å². The van der Waals surface area contributed by atoms with Gasteiger partial charge in [-0.25, -0.2) is 0 Å². The van der Waals surface area contributed by atoms with Crippen molar-refractivity contribution in [3.05, 3.63) is 0 Å². The molecule has 0 aromatic heterocycles. The van der Waals surface area contributed by atoms with Gasteiger partial charge in [0.25, 0.3) is 0 Å². The zero-order valence-electron chi connectivity index (χ0n) is 18.0. The van der Waals surface area contributed by atoms with Crippen molar-refractivity contribution in [2.75, 3.05) is 7.11 Å². The lowest BCUT2D eigenvalue weighted by Crippen LogP contribution is -2.44. The van der Waals surface area contributed by atoms with Crippen molar-refractivity contribution in [1.29, 1.82) is 0 Å². The molecule has 0 radical (unpaired) electrons. The largest absolute Gasteiger partial charge is 0.413 e. The third kappa shape index (κ3) is 11.2. The Bertz CT molecular complexity index is 337. The van der Waals surface area contributed by atoms with Gasteiger partial charge in [0, 0.05) is 13.5 Å². The number of carbonyl (C=O) groups is 1. The molecule has 0 amide bonds. The standard InChI is InChI=1S/C21H44O3Si/c1-8-9-10-11-12-13-14-15-19(23-5)18-20(16-17-22)24-25(6,7)21(2,3)4/h17,19-20H,8-16,18H2,1-7H3/t19-,20-/m1/s1. The van der Waals surface area contributed by atoms with Crippen molar-refractivity contribution in [2.24, 2.45) is 0 Å². The maximum absolute atomic E-state index is 11.1. The molecule has 25 heavy (non-hydrogen) atoms. The topological polar surface area (TPSA) is 35.5 Å². The van der Waals surface area contributed by atoms with E-state index in [2.05, 4.69) is 40.8 Å². The Labute approximate surface area is 158 Å². The first-order valence-corrected chi connectivity index (χ1v) is 13.2. The lowest BCUT2D eigenvalue weighted by molar-refractivity contribution is -0.109. The minimum atomic E-state index is -1.86. The monoisotopic (exact) mass is 372 g/mol. The molecule has 4 heteroatoms. The molecule has 0 aliphatic heterocycles. The van der Waals surface area contributed by atoms with Crippen molar-refractivity contribution in [2.45, 2.75) is 122 Å². The van der Waals surface area contributed by atoms with Crippen molar-refractivity contribution in [3.63, 3.8) is 0 Å². The van der Waals surface area contributed by atoms with Crippen LogP contribution in [0.15, 0.2) is 0 Å². The van der Waals surface area contributed by atoms with E-state index in [1.165, 1.54) is 44.9 Å². The molecule has 0 saturated heterocycles. The van der Waals surface area contributed by atoms with Crippen LogP contribution in [0.2, 0.25) is 18.1 Å².